The molecule has 0 aromatic heterocycles. The Labute approximate surface area is 177 Å². The number of esters is 2. The van der Waals surface area contributed by atoms with Crippen LogP contribution < -0.4 is 5.32 Å². The first-order chi connectivity index (χ1) is 15.0. The second-order valence-electron chi connectivity index (χ2n) is 6.99. The van der Waals surface area contributed by atoms with Gasteiger partial charge in [-0.05, 0) is 19.1 Å². The van der Waals surface area contributed by atoms with Gasteiger partial charge in [0.2, 0.25) is 0 Å². The van der Waals surface area contributed by atoms with Gasteiger partial charge in [-0.15, -0.1) is 0 Å². The number of halogens is 6. The average molecular weight is 465 g/mol. The Balaban J connectivity index is 2.32. The minimum absolute atomic E-state index is 0.0215. The number of benzene rings is 1. The molecule has 1 unspecified atom stereocenters. The Bertz CT molecular complexity index is 1010. The Kier molecular flexibility index (Phi) is 6.54. The lowest BCUT2D eigenvalue weighted by atomic mass is 9.78. The van der Waals surface area contributed by atoms with Gasteiger partial charge < -0.3 is 19.5 Å². The summed E-state index contributed by atoms with van der Waals surface area (Å²) in [6, 6.07) is 0.685. The van der Waals surface area contributed by atoms with Crippen molar-refractivity contribution in [2.75, 3.05) is 27.0 Å². The fraction of sp³-hybridized carbons (Fsp3) is 0.400. The highest BCUT2D eigenvalue weighted by Crippen LogP contribution is 2.46. The van der Waals surface area contributed by atoms with Crippen molar-refractivity contribution < 1.29 is 50.1 Å². The van der Waals surface area contributed by atoms with Gasteiger partial charge in [0.15, 0.2) is 0 Å². The first-order valence-corrected chi connectivity index (χ1v) is 9.20. The fourth-order valence-electron chi connectivity index (χ4n) is 3.55. The summed E-state index contributed by atoms with van der Waals surface area (Å²) in [5.41, 5.74) is -5.58. The predicted molar refractivity (Wildman–Crippen MR) is 95.7 cm³/mol. The molecule has 0 spiro atoms. The summed E-state index contributed by atoms with van der Waals surface area (Å²) in [7, 11) is 0.865. The second-order valence-corrected chi connectivity index (χ2v) is 6.99. The molecular formula is C20H17F6NO5. The Morgan fingerprint density at radius 1 is 1.12 bits per heavy atom. The SMILES string of the molecule is COC(=O)C1=C(CF)NC(C)=C(C(=O)OC2COC2)C1c1c(F)ccc(F)c1C(F)(F)F. The molecule has 0 bridgehead atoms. The minimum atomic E-state index is -5.41. The van der Waals surface area contributed by atoms with Crippen LogP contribution in [0.3, 0.4) is 0 Å². The van der Waals surface area contributed by atoms with Gasteiger partial charge in [-0.25, -0.2) is 22.8 Å². The van der Waals surface area contributed by atoms with Gasteiger partial charge in [-0.3, -0.25) is 0 Å². The van der Waals surface area contributed by atoms with E-state index in [9.17, 15) is 35.9 Å². The van der Waals surface area contributed by atoms with E-state index in [0.717, 1.165) is 7.11 Å². The third kappa shape index (κ3) is 4.18. The van der Waals surface area contributed by atoms with Crippen molar-refractivity contribution in [1.29, 1.82) is 0 Å². The van der Waals surface area contributed by atoms with Crippen LogP contribution in [0.2, 0.25) is 0 Å². The lowest BCUT2D eigenvalue weighted by Crippen LogP contribution is -2.41. The summed E-state index contributed by atoms with van der Waals surface area (Å²) in [5, 5.41) is 2.42. The predicted octanol–water partition coefficient (Wildman–Crippen LogP) is 3.28. The summed E-state index contributed by atoms with van der Waals surface area (Å²) in [6.45, 7) is -0.147. The van der Waals surface area contributed by atoms with E-state index in [1.54, 1.807) is 0 Å². The molecule has 0 amide bonds. The largest absolute Gasteiger partial charge is 0.466 e. The highest BCUT2D eigenvalue weighted by Gasteiger charge is 2.47. The first kappa shape index (κ1) is 23.6. The molecule has 0 radical (unpaired) electrons. The van der Waals surface area contributed by atoms with E-state index < -0.39 is 76.4 Å². The molecule has 32 heavy (non-hydrogen) atoms. The molecule has 12 heteroatoms. The maximum atomic E-state index is 14.9. The number of carbonyl (C=O) groups excluding carboxylic acids is 2. The number of methoxy groups -OCH3 is 1. The van der Waals surface area contributed by atoms with Crippen molar-refractivity contribution in [2.24, 2.45) is 0 Å². The summed E-state index contributed by atoms with van der Waals surface area (Å²) < 4.78 is 98.7. The first-order valence-electron chi connectivity index (χ1n) is 9.20. The molecule has 1 atom stereocenters. The van der Waals surface area contributed by atoms with E-state index >= 15 is 0 Å². The molecule has 1 aromatic rings. The zero-order valence-corrected chi connectivity index (χ0v) is 16.7. The van der Waals surface area contributed by atoms with Crippen LogP contribution >= 0.6 is 0 Å². The zero-order valence-electron chi connectivity index (χ0n) is 16.7. The summed E-state index contributed by atoms with van der Waals surface area (Å²) in [6.07, 6.45) is -6.13. The molecule has 0 aliphatic carbocycles. The highest BCUT2D eigenvalue weighted by molar-refractivity contribution is 6.00. The Hall–Kier alpha value is -3.02. The third-order valence-corrected chi connectivity index (χ3v) is 5.00. The molecule has 174 valence electrons. The standard InChI is InChI=1S/C20H17F6NO5/c1-8-13(19(29)32-9-6-31-7-9)16(15(18(28)30-2)12(5-21)27-8)14-10(22)3-4-11(23)17(14)20(24,25)26/h3-4,9,16,27H,5-7H2,1-2H3. The minimum Gasteiger partial charge on any atom is -0.466 e. The lowest BCUT2D eigenvalue weighted by molar-refractivity contribution is -0.168. The Morgan fingerprint density at radius 3 is 2.25 bits per heavy atom. The molecule has 1 fully saturated rings. The maximum absolute atomic E-state index is 14.9. The van der Waals surface area contributed by atoms with E-state index in [-0.39, 0.29) is 25.0 Å². The van der Waals surface area contributed by atoms with Gasteiger partial charge in [-0.1, -0.05) is 0 Å². The summed E-state index contributed by atoms with van der Waals surface area (Å²) >= 11 is 0. The fourth-order valence-corrected chi connectivity index (χ4v) is 3.55. The Morgan fingerprint density at radius 2 is 1.75 bits per heavy atom. The van der Waals surface area contributed by atoms with E-state index in [4.69, 9.17) is 9.47 Å². The van der Waals surface area contributed by atoms with Crippen molar-refractivity contribution in [3.63, 3.8) is 0 Å². The number of alkyl halides is 4. The number of nitrogens with one attached hydrogen (secondary N) is 1. The lowest BCUT2D eigenvalue weighted by Gasteiger charge is -2.33. The molecule has 6 nitrogen and oxygen atoms in total. The van der Waals surface area contributed by atoms with Gasteiger partial charge in [0.05, 0.1) is 48.6 Å². The quantitative estimate of drug-likeness (QED) is 0.532. The van der Waals surface area contributed by atoms with Crippen molar-refractivity contribution in [2.45, 2.75) is 25.1 Å². The molecule has 1 saturated heterocycles. The van der Waals surface area contributed by atoms with Crippen LogP contribution in [0.15, 0.2) is 34.7 Å². The molecule has 2 heterocycles. The zero-order chi connectivity index (χ0) is 23.8. The van der Waals surface area contributed by atoms with E-state index in [0.29, 0.717) is 6.07 Å². The van der Waals surface area contributed by atoms with Gasteiger partial charge in [0.25, 0.3) is 0 Å². The van der Waals surface area contributed by atoms with Crippen LogP contribution in [0.4, 0.5) is 26.3 Å². The van der Waals surface area contributed by atoms with Crippen LogP contribution in [0.5, 0.6) is 0 Å². The molecule has 3 rings (SSSR count). The van der Waals surface area contributed by atoms with Crippen LogP contribution in [0.1, 0.15) is 24.0 Å². The number of ether oxygens (including phenoxy) is 3. The number of carbonyl (C=O) groups is 2. The third-order valence-electron chi connectivity index (χ3n) is 5.00. The van der Waals surface area contributed by atoms with Gasteiger partial charge >= 0.3 is 18.1 Å². The molecular weight excluding hydrogens is 448 g/mol. The van der Waals surface area contributed by atoms with E-state index in [1.807, 2.05) is 0 Å². The van der Waals surface area contributed by atoms with Gasteiger partial charge in [0, 0.05) is 11.3 Å². The average Bonchev–Trinajstić information content (AvgIpc) is 2.69. The van der Waals surface area contributed by atoms with Crippen molar-refractivity contribution >= 4 is 11.9 Å². The van der Waals surface area contributed by atoms with Gasteiger partial charge in [0.1, 0.15) is 24.4 Å². The van der Waals surface area contributed by atoms with Crippen LogP contribution in [0.25, 0.3) is 0 Å². The molecule has 2 aliphatic rings. The maximum Gasteiger partial charge on any atom is 0.419 e. The van der Waals surface area contributed by atoms with E-state index in [2.05, 4.69) is 10.1 Å². The summed E-state index contributed by atoms with van der Waals surface area (Å²) in [4.78, 5) is 25.3. The molecule has 0 saturated carbocycles. The number of allylic oxidation sites excluding steroid dienone is 2. The normalized spacial score (nSPS) is 19.4. The van der Waals surface area contributed by atoms with Crippen molar-refractivity contribution in [3.05, 3.63) is 57.4 Å². The molecule has 2 aliphatic heterocycles. The van der Waals surface area contributed by atoms with Crippen molar-refractivity contribution in [1.82, 2.24) is 5.32 Å². The van der Waals surface area contributed by atoms with Crippen LogP contribution in [-0.4, -0.2) is 45.0 Å². The van der Waals surface area contributed by atoms with Gasteiger partial charge in [-0.2, -0.15) is 13.2 Å². The van der Waals surface area contributed by atoms with Crippen molar-refractivity contribution in [3.8, 4) is 0 Å². The summed E-state index contributed by atoms with van der Waals surface area (Å²) in [5.74, 6) is -8.09. The molecule has 1 aromatic carbocycles. The number of dihydropyridines is 1. The second kappa shape index (κ2) is 8.85. The van der Waals surface area contributed by atoms with E-state index in [1.165, 1.54) is 6.92 Å². The molecule has 1 N–H and O–H groups in total. The topological polar surface area (TPSA) is 73.9 Å². The highest BCUT2D eigenvalue weighted by atomic mass is 19.4. The number of rotatable bonds is 5. The number of hydrogen-bond acceptors (Lipinski definition) is 6. The number of hydrogen-bond donors (Lipinski definition) is 1. The monoisotopic (exact) mass is 465 g/mol. The van der Waals surface area contributed by atoms with Crippen LogP contribution in [-0.2, 0) is 30.0 Å². The smallest absolute Gasteiger partial charge is 0.419 e. The van der Waals surface area contributed by atoms with Crippen LogP contribution in [0, 0.1) is 11.6 Å².